The van der Waals surface area contributed by atoms with Gasteiger partial charge < -0.3 is 0 Å². The van der Waals surface area contributed by atoms with E-state index in [0.717, 1.165) is 5.69 Å². The van der Waals surface area contributed by atoms with Crippen LogP contribution in [0, 0.1) is 0 Å². The number of hydrogen-bond acceptors (Lipinski definition) is 0. The fourth-order valence-corrected chi connectivity index (χ4v) is 6.26. The molecule has 6 rings (SSSR count). The molecule has 3 aromatic carbocycles. The Labute approximate surface area is 237 Å². The van der Waals surface area contributed by atoms with E-state index in [-0.39, 0.29) is 0 Å². The maximum absolute atomic E-state index is 2.51. The summed E-state index contributed by atoms with van der Waals surface area (Å²) in [6, 6.07) is 35.3. The van der Waals surface area contributed by atoms with Crippen molar-refractivity contribution in [1.82, 2.24) is 4.57 Å². The van der Waals surface area contributed by atoms with Crippen LogP contribution in [0.3, 0.4) is 0 Å². The Morgan fingerprint density at radius 3 is 1.77 bits per heavy atom. The van der Waals surface area contributed by atoms with Gasteiger partial charge in [0, 0.05) is 40.8 Å². The summed E-state index contributed by atoms with van der Waals surface area (Å²) in [5.41, 5.74) is 11.2. The Morgan fingerprint density at radius 1 is 0.500 bits per heavy atom. The second-order valence-electron chi connectivity index (χ2n) is 11.5. The normalized spacial score (nSPS) is 11.8. The molecule has 0 radical (unpaired) electrons. The molecule has 0 aliphatic rings. The number of imidazole rings is 1. The Balaban J connectivity index is 1.70. The lowest BCUT2D eigenvalue weighted by Crippen LogP contribution is -2.43. The zero-order valence-electron chi connectivity index (χ0n) is 24.7. The third-order valence-corrected chi connectivity index (χ3v) is 8.38. The highest BCUT2D eigenvalue weighted by atomic mass is 15.2. The highest BCUT2D eigenvalue weighted by Gasteiger charge is 2.36. The lowest BCUT2D eigenvalue weighted by Gasteiger charge is -2.18. The lowest BCUT2D eigenvalue weighted by atomic mass is 9.92. The summed E-state index contributed by atoms with van der Waals surface area (Å²) in [5.74, 6) is 1.96. The number of hydrogen-bond donors (Lipinski definition) is 0. The van der Waals surface area contributed by atoms with Crippen LogP contribution in [0.5, 0.6) is 0 Å². The number of fused-ring (bicyclic) bond motifs is 2. The molecule has 0 unspecified atom stereocenters. The molecule has 0 bridgehead atoms. The first-order chi connectivity index (χ1) is 19.3. The molecule has 0 saturated heterocycles. The summed E-state index contributed by atoms with van der Waals surface area (Å²) in [6.45, 7) is 9.20. The fraction of sp³-hybridized carbons (Fsp3) is 0.250. The van der Waals surface area contributed by atoms with Crippen LogP contribution in [-0.4, -0.2) is 4.57 Å². The summed E-state index contributed by atoms with van der Waals surface area (Å²) in [5, 5.41) is 1.24. The Bertz CT molecular complexity index is 1870. The van der Waals surface area contributed by atoms with Crippen molar-refractivity contribution in [2.24, 2.45) is 21.1 Å². The van der Waals surface area contributed by atoms with Crippen LogP contribution in [0.1, 0.15) is 50.7 Å². The minimum atomic E-state index is 0.393. The predicted octanol–water partition coefficient (Wildman–Crippen LogP) is 6.84. The molecule has 0 N–H and O–H groups in total. The number of benzene rings is 3. The van der Waals surface area contributed by atoms with E-state index in [9.17, 15) is 0 Å². The fourth-order valence-electron chi connectivity index (χ4n) is 6.26. The summed E-state index contributed by atoms with van der Waals surface area (Å²) in [4.78, 5) is 0. The van der Waals surface area contributed by atoms with Crippen LogP contribution in [0.15, 0.2) is 97.1 Å². The van der Waals surface area contributed by atoms with E-state index in [2.05, 4.69) is 164 Å². The first-order valence-electron chi connectivity index (χ1n) is 14.3. The van der Waals surface area contributed by atoms with E-state index in [4.69, 9.17) is 0 Å². The van der Waals surface area contributed by atoms with E-state index >= 15 is 0 Å². The second kappa shape index (κ2) is 10.0. The van der Waals surface area contributed by atoms with Crippen molar-refractivity contribution >= 4 is 21.9 Å². The van der Waals surface area contributed by atoms with Crippen LogP contribution in [0.2, 0.25) is 0 Å². The number of aryl methyl sites for hydroxylation is 2. The molecular formula is C36H39N4+3. The molecule has 200 valence electrons. The minimum absolute atomic E-state index is 0.393. The molecule has 4 nitrogen and oxygen atoms in total. The molecule has 0 atom stereocenters. The molecule has 4 heteroatoms. The SMILES string of the molecule is CC(C)c1cccc(C(C)C)c1-n1c(-c2cccc(-c3ccc4ccccc4[n+]3C)[n+]2C)[n+](C)c2ccccc21. The maximum Gasteiger partial charge on any atom is 0.360 e. The van der Waals surface area contributed by atoms with Gasteiger partial charge >= 0.3 is 5.82 Å². The molecule has 0 aliphatic heterocycles. The van der Waals surface area contributed by atoms with Crippen LogP contribution < -0.4 is 13.7 Å². The Kier molecular flexibility index (Phi) is 6.50. The smallest absolute Gasteiger partial charge is 0.220 e. The third kappa shape index (κ3) is 4.02. The molecule has 40 heavy (non-hydrogen) atoms. The highest BCUT2D eigenvalue weighted by molar-refractivity contribution is 5.80. The van der Waals surface area contributed by atoms with Crippen molar-refractivity contribution in [3.8, 4) is 28.6 Å². The third-order valence-electron chi connectivity index (χ3n) is 8.38. The average molecular weight is 528 g/mol. The van der Waals surface area contributed by atoms with Gasteiger partial charge in [0.15, 0.2) is 11.0 Å². The van der Waals surface area contributed by atoms with Crippen LogP contribution in [-0.2, 0) is 21.1 Å². The zero-order chi connectivity index (χ0) is 28.1. The van der Waals surface area contributed by atoms with E-state index in [1.54, 1.807) is 0 Å². The van der Waals surface area contributed by atoms with E-state index in [0.29, 0.717) is 11.8 Å². The number of nitrogens with zero attached hydrogens (tertiary/aromatic N) is 4. The van der Waals surface area contributed by atoms with Crippen molar-refractivity contribution in [3.63, 3.8) is 0 Å². The second-order valence-corrected chi connectivity index (χ2v) is 11.5. The first-order valence-corrected chi connectivity index (χ1v) is 14.3. The number of para-hydroxylation sites is 4. The average Bonchev–Trinajstić information content (AvgIpc) is 3.25. The van der Waals surface area contributed by atoms with Crippen LogP contribution >= 0.6 is 0 Å². The van der Waals surface area contributed by atoms with Crippen molar-refractivity contribution in [3.05, 3.63) is 108 Å². The van der Waals surface area contributed by atoms with Crippen LogP contribution in [0.25, 0.3) is 50.5 Å². The van der Waals surface area contributed by atoms with E-state index in [1.807, 2.05) is 0 Å². The largest absolute Gasteiger partial charge is 0.360 e. The van der Waals surface area contributed by atoms with Crippen molar-refractivity contribution < 1.29 is 13.7 Å². The van der Waals surface area contributed by atoms with Gasteiger partial charge in [-0.15, -0.1) is 0 Å². The first kappa shape index (κ1) is 25.9. The molecule has 0 saturated carbocycles. The number of rotatable bonds is 5. The molecule has 0 amide bonds. The monoisotopic (exact) mass is 527 g/mol. The molecule has 6 aromatic rings. The van der Waals surface area contributed by atoms with Crippen molar-refractivity contribution in [2.45, 2.75) is 39.5 Å². The predicted molar refractivity (Wildman–Crippen MR) is 163 cm³/mol. The van der Waals surface area contributed by atoms with Crippen molar-refractivity contribution in [1.29, 1.82) is 0 Å². The van der Waals surface area contributed by atoms with Crippen LogP contribution in [0.4, 0.5) is 0 Å². The zero-order valence-corrected chi connectivity index (χ0v) is 24.7. The van der Waals surface area contributed by atoms with Gasteiger partial charge in [-0.3, -0.25) is 0 Å². The van der Waals surface area contributed by atoms with E-state index < -0.39 is 0 Å². The minimum Gasteiger partial charge on any atom is -0.220 e. The van der Waals surface area contributed by atoms with Gasteiger partial charge in [-0.25, -0.2) is 4.57 Å². The molecular weight excluding hydrogens is 488 g/mol. The van der Waals surface area contributed by atoms with Gasteiger partial charge in [0.1, 0.15) is 19.8 Å². The number of pyridine rings is 2. The molecule has 0 spiro atoms. The van der Waals surface area contributed by atoms with E-state index in [1.165, 1.54) is 56.0 Å². The Hall–Kier alpha value is -4.31. The van der Waals surface area contributed by atoms with Gasteiger partial charge in [-0.05, 0) is 42.2 Å². The van der Waals surface area contributed by atoms with Crippen molar-refractivity contribution in [2.75, 3.05) is 0 Å². The molecule has 0 fully saturated rings. The van der Waals surface area contributed by atoms with Gasteiger partial charge in [-0.2, -0.15) is 13.7 Å². The van der Waals surface area contributed by atoms with Gasteiger partial charge in [0.2, 0.25) is 5.52 Å². The van der Waals surface area contributed by atoms with Gasteiger partial charge in [-0.1, -0.05) is 70.2 Å². The lowest BCUT2D eigenvalue weighted by molar-refractivity contribution is -0.685. The molecule has 3 heterocycles. The quantitative estimate of drug-likeness (QED) is 0.218. The molecule has 3 aromatic heterocycles. The van der Waals surface area contributed by atoms with Gasteiger partial charge in [0.25, 0.3) is 17.1 Å². The summed E-state index contributed by atoms with van der Waals surface area (Å²) in [7, 11) is 6.55. The highest BCUT2D eigenvalue weighted by Crippen LogP contribution is 2.36. The topological polar surface area (TPSA) is 16.6 Å². The number of aromatic nitrogens is 4. The Morgan fingerprint density at radius 2 is 1.07 bits per heavy atom. The van der Waals surface area contributed by atoms with Gasteiger partial charge in [0.05, 0.1) is 7.05 Å². The summed E-state index contributed by atoms with van der Waals surface area (Å²) >= 11 is 0. The summed E-state index contributed by atoms with van der Waals surface area (Å²) < 4.78 is 9.52. The molecule has 0 aliphatic carbocycles. The maximum atomic E-state index is 2.51. The standard InChI is InChI=1S/C36H39N4/c1-24(2)27-15-12-16-28(25(3)4)35(27)40-33-19-11-10-18-31(33)39(7)36(40)34-21-13-20-30(38(34)6)32-23-22-26-14-8-9-17-29(26)37(32)5/h8-25H,1-7H3/q+3. The summed E-state index contributed by atoms with van der Waals surface area (Å²) in [6.07, 6.45) is 0.